The zero-order valence-corrected chi connectivity index (χ0v) is 28.9. The Morgan fingerprint density at radius 1 is 1.02 bits per heavy atom. The predicted octanol–water partition coefficient (Wildman–Crippen LogP) is 5.04. The number of anilines is 2. The zero-order valence-electron chi connectivity index (χ0n) is 28.9. The number of nitrogens with zero attached hydrogens (tertiary/aromatic N) is 4. The van der Waals surface area contributed by atoms with E-state index in [9.17, 15) is 14.7 Å². The Balaban J connectivity index is 1.85. The van der Waals surface area contributed by atoms with Crippen LogP contribution in [0.3, 0.4) is 0 Å². The summed E-state index contributed by atoms with van der Waals surface area (Å²) in [6.45, 7) is 22.8. The van der Waals surface area contributed by atoms with Gasteiger partial charge >= 0.3 is 0 Å². The van der Waals surface area contributed by atoms with Crippen molar-refractivity contribution in [1.29, 1.82) is 0 Å². The van der Waals surface area contributed by atoms with Crippen molar-refractivity contribution >= 4 is 29.1 Å². The molecule has 1 spiro atoms. The lowest BCUT2D eigenvalue weighted by atomic mass is 9.64. The maximum atomic E-state index is 15.1. The lowest BCUT2D eigenvalue weighted by Gasteiger charge is -2.40. The normalized spacial score (nSPS) is 27.1. The summed E-state index contributed by atoms with van der Waals surface area (Å²) in [5, 5.41) is 10.7. The van der Waals surface area contributed by atoms with Crippen molar-refractivity contribution in [1.82, 2.24) is 9.80 Å². The number of aliphatic hydroxyl groups is 1. The van der Waals surface area contributed by atoms with E-state index in [-0.39, 0.29) is 36.8 Å². The van der Waals surface area contributed by atoms with E-state index < -0.39 is 35.1 Å². The van der Waals surface area contributed by atoms with E-state index in [0.717, 1.165) is 25.2 Å². The maximum Gasteiger partial charge on any atom is 0.253 e. The first-order valence-corrected chi connectivity index (χ1v) is 17.3. The highest BCUT2D eigenvalue weighted by molar-refractivity contribution is 6.05. The third-order valence-corrected chi connectivity index (χ3v) is 10.5. The number of rotatable bonds is 17. The number of hydrogen-bond acceptors (Lipinski definition) is 6. The molecule has 3 amide bonds. The molecule has 3 fully saturated rings. The second kappa shape index (κ2) is 14.7. The molecule has 0 radical (unpaired) electrons. The van der Waals surface area contributed by atoms with Crippen LogP contribution in [0.1, 0.15) is 73.6 Å². The first kappa shape index (κ1) is 35.7. The number of amides is 3. The fraction of sp³-hybridized carbons (Fsp3) is 0.649. The van der Waals surface area contributed by atoms with Gasteiger partial charge in [0.25, 0.3) is 5.91 Å². The minimum Gasteiger partial charge on any atom is -0.394 e. The highest BCUT2D eigenvalue weighted by atomic mass is 16.5. The summed E-state index contributed by atoms with van der Waals surface area (Å²) < 4.78 is 7.04. The van der Waals surface area contributed by atoms with E-state index in [0.29, 0.717) is 44.5 Å². The summed E-state index contributed by atoms with van der Waals surface area (Å²) in [7, 11) is 0. The van der Waals surface area contributed by atoms with Gasteiger partial charge in [0, 0.05) is 44.1 Å². The predicted molar refractivity (Wildman–Crippen MR) is 184 cm³/mol. The van der Waals surface area contributed by atoms with Gasteiger partial charge in [-0.1, -0.05) is 39.8 Å². The Bertz CT molecular complexity index is 1260. The number of fused-ring (bicyclic) bond motifs is 1. The second-order valence-electron chi connectivity index (χ2n) is 13.5. The van der Waals surface area contributed by atoms with E-state index in [2.05, 4.69) is 31.9 Å². The van der Waals surface area contributed by atoms with Crippen molar-refractivity contribution in [2.24, 2.45) is 17.8 Å². The summed E-state index contributed by atoms with van der Waals surface area (Å²) in [6, 6.07) is 6.32. The molecule has 1 N–H and O–H groups in total. The van der Waals surface area contributed by atoms with Crippen molar-refractivity contribution in [2.75, 3.05) is 49.1 Å². The number of aliphatic hydroxyl groups excluding tert-OH is 1. The largest absolute Gasteiger partial charge is 0.394 e. The molecule has 3 heterocycles. The van der Waals surface area contributed by atoms with Gasteiger partial charge in [-0.25, -0.2) is 0 Å². The van der Waals surface area contributed by atoms with Crippen LogP contribution < -0.4 is 9.80 Å². The summed E-state index contributed by atoms with van der Waals surface area (Å²) in [5.41, 5.74) is -0.255. The molecule has 3 aliphatic rings. The Labute approximate surface area is 276 Å². The number of ether oxygens (including phenoxy) is 1. The molecule has 4 rings (SSSR count). The highest BCUT2D eigenvalue weighted by Crippen LogP contribution is 2.65. The topological polar surface area (TPSA) is 93.6 Å². The van der Waals surface area contributed by atoms with E-state index >= 15 is 4.79 Å². The van der Waals surface area contributed by atoms with Gasteiger partial charge in [0.2, 0.25) is 11.8 Å². The molecule has 3 saturated heterocycles. The van der Waals surface area contributed by atoms with Gasteiger partial charge in [-0.15, -0.1) is 13.2 Å². The monoisotopic (exact) mass is 636 g/mol. The van der Waals surface area contributed by atoms with Crippen LogP contribution in [0.25, 0.3) is 0 Å². The van der Waals surface area contributed by atoms with Gasteiger partial charge in [0.05, 0.1) is 30.1 Å². The molecular weight excluding hydrogens is 580 g/mol. The van der Waals surface area contributed by atoms with Crippen LogP contribution in [0.2, 0.25) is 0 Å². The number of carbonyl (C=O) groups excluding carboxylic acids is 3. The lowest BCUT2D eigenvalue weighted by molar-refractivity contribution is -0.154. The van der Waals surface area contributed by atoms with E-state index in [1.807, 2.05) is 52.0 Å². The van der Waals surface area contributed by atoms with Gasteiger partial charge in [-0.3, -0.25) is 14.4 Å². The molecule has 1 aromatic rings. The van der Waals surface area contributed by atoms with Crippen molar-refractivity contribution in [3.8, 4) is 0 Å². The Kier molecular flexibility index (Phi) is 11.4. The van der Waals surface area contributed by atoms with Crippen LogP contribution in [0.15, 0.2) is 49.6 Å². The van der Waals surface area contributed by atoms with Crippen LogP contribution in [0.5, 0.6) is 0 Å². The van der Waals surface area contributed by atoms with E-state index in [1.54, 1.807) is 26.9 Å². The molecule has 9 nitrogen and oxygen atoms in total. The van der Waals surface area contributed by atoms with Crippen LogP contribution >= 0.6 is 0 Å². The van der Waals surface area contributed by atoms with E-state index in [4.69, 9.17) is 4.74 Å². The molecule has 6 atom stereocenters. The van der Waals surface area contributed by atoms with Crippen LogP contribution in [0.4, 0.5) is 11.4 Å². The minimum atomic E-state index is -1.18. The molecule has 46 heavy (non-hydrogen) atoms. The van der Waals surface area contributed by atoms with Crippen molar-refractivity contribution in [3.63, 3.8) is 0 Å². The molecule has 1 aromatic carbocycles. The third-order valence-electron chi connectivity index (χ3n) is 10.5. The second-order valence-corrected chi connectivity index (χ2v) is 13.5. The quantitative estimate of drug-likeness (QED) is 0.241. The van der Waals surface area contributed by atoms with Crippen LogP contribution in [-0.4, -0.2) is 95.2 Å². The smallest absolute Gasteiger partial charge is 0.253 e. The molecular formula is C37H56N4O5. The van der Waals surface area contributed by atoms with Gasteiger partial charge < -0.3 is 29.4 Å². The Morgan fingerprint density at radius 2 is 1.65 bits per heavy atom. The zero-order chi connectivity index (χ0) is 33.8. The summed E-state index contributed by atoms with van der Waals surface area (Å²) >= 11 is 0. The van der Waals surface area contributed by atoms with Crippen LogP contribution in [-0.2, 0) is 19.1 Å². The maximum absolute atomic E-state index is 15.1. The van der Waals surface area contributed by atoms with Gasteiger partial charge in [0.1, 0.15) is 11.6 Å². The molecule has 2 bridgehead atoms. The number of carbonyl (C=O) groups is 3. The molecule has 0 aliphatic carbocycles. The molecule has 3 aliphatic heterocycles. The summed E-state index contributed by atoms with van der Waals surface area (Å²) in [5.74, 6) is -2.02. The molecule has 9 heteroatoms. The SMILES string of the molecule is C=CCN(CCC)C(=O)[C@H]1[C@H]2C(=O)N([C@@H](CO)CC(C)C)C(C(=O)N(CC=C)c3ccc(N(CC)CC)cc3)C23CC[C@]1(CC)O3. The highest BCUT2D eigenvalue weighted by Gasteiger charge is 2.79. The average Bonchev–Trinajstić information content (AvgIpc) is 3.66. The summed E-state index contributed by atoms with van der Waals surface area (Å²) in [6.07, 6.45) is 6.33. The van der Waals surface area contributed by atoms with Crippen molar-refractivity contribution < 1.29 is 24.2 Å². The molecule has 0 aromatic heterocycles. The average molecular weight is 637 g/mol. The Hall–Kier alpha value is -3.17. The van der Waals surface area contributed by atoms with Crippen LogP contribution in [0, 0.1) is 17.8 Å². The first-order chi connectivity index (χ1) is 22.0. The van der Waals surface area contributed by atoms with Gasteiger partial charge in [-0.05, 0) is 76.1 Å². The van der Waals surface area contributed by atoms with Crippen molar-refractivity contribution in [2.45, 2.75) is 96.9 Å². The minimum absolute atomic E-state index is 0.115. The molecule has 0 saturated carbocycles. The first-order valence-electron chi connectivity index (χ1n) is 17.3. The van der Waals surface area contributed by atoms with E-state index in [1.165, 1.54) is 0 Å². The van der Waals surface area contributed by atoms with Gasteiger partial charge in [0.15, 0.2) is 0 Å². The molecule has 254 valence electrons. The Morgan fingerprint density at radius 3 is 2.17 bits per heavy atom. The molecule has 2 unspecified atom stereocenters. The van der Waals surface area contributed by atoms with Crippen molar-refractivity contribution in [3.05, 3.63) is 49.6 Å². The third kappa shape index (κ3) is 6.01. The number of hydrogen-bond donors (Lipinski definition) is 1. The van der Waals surface area contributed by atoms with Gasteiger partial charge in [-0.2, -0.15) is 0 Å². The number of likely N-dealkylation sites (tertiary alicyclic amines) is 1. The lowest BCUT2D eigenvalue weighted by Crippen LogP contribution is -2.59. The summed E-state index contributed by atoms with van der Waals surface area (Å²) in [4.78, 5) is 51.6. The number of benzene rings is 1. The fourth-order valence-electron chi connectivity index (χ4n) is 8.47. The fourth-order valence-corrected chi connectivity index (χ4v) is 8.47. The standard InChI is InChI=1S/C37H56N4O5/c1-9-21-39(22-10-2)33(43)30-31-34(44)41(29(25-42)24-26(7)8)32(37(31)20-19-36(30,12-4)46-37)35(45)40(23-11-3)28-17-15-27(16-18-28)38(13-5)14-6/h9,11,15-18,26,29-32,42H,1,3,10,12-14,19-25H2,2,4-8H3/t29-,30-,31+,32?,36+,37?/m1/s1.